The minimum atomic E-state index is -0.586. The molecule has 1 aromatic rings. The summed E-state index contributed by atoms with van der Waals surface area (Å²) in [5.41, 5.74) is -0.176. The van der Waals surface area contributed by atoms with Crippen LogP contribution in [0.1, 0.15) is 108 Å². The van der Waals surface area contributed by atoms with Crippen LogP contribution >= 0.6 is 11.3 Å². The first-order chi connectivity index (χ1) is 13.8. The number of carbonyl (C=O) groups excluding carboxylic acids is 2. The molecule has 166 valence electrons. The number of carbonyl (C=O) groups is 2. The third-order valence-corrected chi connectivity index (χ3v) is 5.49. The average molecular weight is 426 g/mol. The zero-order valence-electron chi connectivity index (χ0n) is 18.9. The molecule has 0 fully saturated rings. The molecule has 1 rings (SSSR count). The lowest BCUT2D eigenvalue weighted by molar-refractivity contribution is 0.00712. The number of unbranched alkanes of at least 4 members (excludes halogenated alkanes) is 7. The SMILES string of the molecule is CCCCCCCCOC(=O)Nc1sc(CCCCC)cc1C(=O)OC(C)(C)C. The molecule has 0 aliphatic heterocycles. The zero-order chi connectivity index (χ0) is 21.7. The highest BCUT2D eigenvalue weighted by molar-refractivity contribution is 7.16. The summed E-state index contributed by atoms with van der Waals surface area (Å²) in [4.78, 5) is 25.9. The van der Waals surface area contributed by atoms with Gasteiger partial charge in [-0.15, -0.1) is 11.3 Å². The minimum absolute atomic E-state index is 0.397. The van der Waals surface area contributed by atoms with Crippen LogP contribution in [0.25, 0.3) is 0 Å². The van der Waals surface area contributed by atoms with Crippen molar-refractivity contribution in [3.05, 3.63) is 16.5 Å². The van der Waals surface area contributed by atoms with Gasteiger partial charge in [-0.3, -0.25) is 5.32 Å². The van der Waals surface area contributed by atoms with Crippen LogP contribution in [0, 0.1) is 0 Å². The quantitative estimate of drug-likeness (QED) is 0.265. The van der Waals surface area contributed by atoms with Gasteiger partial charge in [0.2, 0.25) is 0 Å². The topological polar surface area (TPSA) is 64.6 Å². The summed E-state index contributed by atoms with van der Waals surface area (Å²) < 4.78 is 10.8. The molecular formula is C23H39NO4S. The molecule has 0 atom stereocenters. The Labute approximate surface area is 180 Å². The summed E-state index contributed by atoms with van der Waals surface area (Å²) in [5, 5.41) is 3.27. The van der Waals surface area contributed by atoms with Gasteiger partial charge in [0.1, 0.15) is 10.6 Å². The number of hydrogen-bond acceptors (Lipinski definition) is 5. The van der Waals surface area contributed by atoms with Crippen LogP contribution in [0.2, 0.25) is 0 Å². The summed E-state index contributed by atoms with van der Waals surface area (Å²) >= 11 is 1.43. The number of ether oxygens (including phenoxy) is 2. The minimum Gasteiger partial charge on any atom is -0.456 e. The van der Waals surface area contributed by atoms with Gasteiger partial charge in [0.15, 0.2) is 0 Å². The summed E-state index contributed by atoms with van der Waals surface area (Å²) in [6.07, 6.45) is 10.5. The zero-order valence-corrected chi connectivity index (χ0v) is 19.7. The first-order valence-corrected chi connectivity index (χ1v) is 11.9. The fraction of sp³-hybridized carbons (Fsp3) is 0.739. The van der Waals surface area contributed by atoms with E-state index in [1.165, 1.54) is 37.0 Å². The molecule has 1 amide bonds. The van der Waals surface area contributed by atoms with Gasteiger partial charge in [0.05, 0.1) is 12.2 Å². The van der Waals surface area contributed by atoms with Crippen molar-refractivity contribution in [2.75, 3.05) is 11.9 Å². The molecule has 0 aliphatic carbocycles. The Balaban J connectivity index is 2.63. The Morgan fingerprint density at radius 3 is 2.24 bits per heavy atom. The monoisotopic (exact) mass is 425 g/mol. The summed E-state index contributed by atoms with van der Waals surface area (Å²) in [6, 6.07) is 1.84. The smallest absolute Gasteiger partial charge is 0.412 e. The van der Waals surface area contributed by atoms with Crippen LogP contribution in [-0.4, -0.2) is 24.3 Å². The van der Waals surface area contributed by atoms with Crippen molar-refractivity contribution < 1.29 is 19.1 Å². The number of amides is 1. The van der Waals surface area contributed by atoms with E-state index < -0.39 is 17.7 Å². The maximum absolute atomic E-state index is 12.6. The van der Waals surface area contributed by atoms with E-state index in [-0.39, 0.29) is 0 Å². The lowest BCUT2D eigenvalue weighted by Crippen LogP contribution is -2.24. The predicted molar refractivity (Wildman–Crippen MR) is 121 cm³/mol. The lowest BCUT2D eigenvalue weighted by atomic mass is 10.1. The Morgan fingerprint density at radius 2 is 1.59 bits per heavy atom. The van der Waals surface area contributed by atoms with Crippen molar-refractivity contribution in [1.82, 2.24) is 0 Å². The fourth-order valence-corrected chi connectivity index (χ4v) is 3.94. The van der Waals surface area contributed by atoms with Gasteiger partial charge in [-0.05, 0) is 46.1 Å². The van der Waals surface area contributed by atoms with Crippen molar-refractivity contribution in [3.63, 3.8) is 0 Å². The maximum Gasteiger partial charge on any atom is 0.412 e. The molecule has 0 saturated carbocycles. The van der Waals surface area contributed by atoms with Gasteiger partial charge in [-0.1, -0.05) is 58.8 Å². The molecule has 0 bridgehead atoms. The second-order valence-corrected chi connectivity index (χ2v) is 9.58. The van der Waals surface area contributed by atoms with E-state index in [9.17, 15) is 9.59 Å². The standard InChI is InChI=1S/C23H39NO4S/c1-6-8-10-11-12-14-16-27-22(26)24-20-19(21(25)28-23(3,4)5)17-18(29-20)15-13-9-7-2/h17H,6-16H2,1-5H3,(H,24,26). The average Bonchev–Trinajstić information content (AvgIpc) is 3.02. The third-order valence-electron chi connectivity index (χ3n) is 4.38. The molecular weight excluding hydrogens is 386 g/mol. The number of hydrogen-bond donors (Lipinski definition) is 1. The van der Waals surface area contributed by atoms with Crippen LogP contribution in [0.5, 0.6) is 0 Å². The molecule has 1 N–H and O–H groups in total. The van der Waals surface area contributed by atoms with Crippen molar-refractivity contribution in [2.24, 2.45) is 0 Å². The van der Waals surface area contributed by atoms with E-state index in [2.05, 4.69) is 19.2 Å². The third kappa shape index (κ3) is 11.3. The molecule has 0 radical (unpaired) electrons. The Bertz CT molecular complexity index is 619. The molecule has 1 aromatic heterocycles. The molecule has 1 heterocycles. The van der Waals surface area contributed by atoms with Crippen LogP contribution in [0.15, 0.2) is 6.07 Å². The van der Waals surface area contributed by atoms with E-state index in [4.69, 9.17) is 9.47 Å². The van der Waals surface area contributed by atoms with Gasteiger partial charge >= 0.3 is 12.1 Å². The van der Waals surface area contributed by atoms with E-state index >= 15 is 0 Å². The Hall–Kier alpha value is -1.56. The number of nitrogens with one attached hydrogen (secondary N) is 1. The molecule has 0 saturated heterocycles. The largest absolute Gasteiger partial charge is 0.456 e. The highest BCUT2D eigenvalue weighted by atomic mass is 32.1. The first-order valence-electron chi connectivity index (χ1n) is 11.1. The van der Waals surface area contributed by atoms with Crippen molar-refractivity contribution in [3.8, 4) is 0 Å². The van der Waals surface area contributed by atoms with E-state index in [0.29, 0.717) is 17.2 Å². The van der Waals surface area contributed by atoms with Crippen LogP contribution in [0.3, 0.4) is 0 Å². The number of rotatable bonds is 13. The molecule has 0 aromatic carbocycles. The number of aryl methyl sites for hydroxylation is 1. The van der Waals surface area contributed by atoms with Crippen LogP contribution < -0.4 is 5.32 Å². The molecule has 5 nitrogen and oxygen atoms in total. The van der Waals surface area contributed by atoms with E-state index in [1.807, 2.05) is 26.8 Å². The van der Waals surface area contributed by atoms with Crippen molar-refractivity contribution in [1.29, 1.82) is 0 Å². The van der Waals surface area contributed by atoms with Crippen molar-refractivity contribution in [2.45, 2.75) is 104 Å². The summed E-state index contributed by atoms with van der Waals surface area (Å²) in [5.74, 6) is -0.415. The molecule has 6 heteroatoms. The molecule has 0 aliphatic rings. The van der Waals surface area contributed by atoms with Crippen LogP contribution in [-0.2, 0) is 15.9 Å². The van der Waals surface area contributed by atoms with Gasteiger partial charge in [-0.25, -0.2) is 9.59 Å². The number of anilines is 1. The highest BCUT2D eigenvalue weighted by Crippen LogP contribution is 2.31. The summed E-state index contributed by atoms with van der Waals surface area (Å²) in [7, 11) is 0. The van der Waals surface area contributed by atoms with Crippen LogP contribution in [0.4, 0.5) is 9.80 Å². The predicted octanol–water partition coefficient (Wildman–Crippen LogP) is 7.35. The maximum atomic E-state index is 12.6. The molecule has 0 spiro atoms. The normalized spacial score (nSPS) is 11.3. The number of thiophene rings is 1. The fourth-order valence-electron chi connectivity index (χ4n) is 2.87. The molecule has 0 unspecified atom stereocenters. The van der Waals surface area contributed by atoms with Gasteiger partial charge < -0.3 is 9.47 Å². The first kappa shape index (κ1) is 25.5. The lowest BCUT2D eigenvalue weighted by Gasteiger charge is -2.19. The van der Waals surface area contributed by atoms with Gasteiger partial charge in [-0.2, -0.15) is 0 Å². The number of esters is 1. The van der Waals surface area contributed by atoms with Gasteiger partial charge in [0.25, 0.3) is 0 Å². The Kier molecular flexibility index (Phi) is 12.0. The Morgan fingerprint density at radius 1 is 0.966 bits per heavy atom. The second kappa shape index (κ2) is 13.6. The highest BCUT2D eigenvalue weighted by Gasteiger charge is 2.24. The second-order valence-electron chi connectivity index (χ2n) is 8.44. The van der Waals surface area contributed by atoms with E-state index in [1.54, 1.807) is 0 Å². The molecule has 29 heavy (non-hydrogen) atoms. The van der Waals surface area contributed by atoms with Crippen molar-refractivity contribution >= 4 is 28.4 Å². The summed E-state index contributed by atoms with van der Waals surface area (Å²) in [6.45, 7) is 10.3. The van der Waals surface area contributed by atoms with E-state index in [0.717, 1.165) is 43.4 Å². The van der Waals surface area contributed by atoms with Gasteiger partial charge in [0, 0.05) is 4.88 Å².